The van der Waals surface area contributed by atoms with Crippen LogP contribution in [0.25, 0.3) is 0 Å². The van der Waals surface area contributed by atoms with Gasteiger partial charge in [0.25, 0.3) is 5.95 Å². The van der Waals surface area contributed by atoms with Crippen LogP contribution in [-0.4, -0.2) is 58.7 Å². The number of hydrogen-bond donors (Lipinski definition) is 0. The Morgan fingerprint density at radius 3 is 2.50 bits per heavy atom. The van der Waals surface area contributed by atoms with Gasteiger partial charge in [-0.2, -0.15) is 10.1 Å². The minimum Gasteiger partial charge on any atom is -0.352 e. The number of para-hydroxylation sites is 1. The number of anilines is 3. The van der Waals surface area contributed by atoms with Crippen LogP contribution in [0.2, 0.25) is 0 Å². The van der Waals surface area contributed by atoms with E-state index < -0.39 is 0 Å². The summed E-state index contributed by atoms with van der Waals surface area (Å²) in [6.45, 7) is 7.38. The number of carbonyl (C=O) groups is 1. The monoisotopic (exact) mass is 326 g/mol. The highest BCUT2D eigenvalue weighted by atomic mass is 16.2. The van der Waals surface area contributed by atoms with E-state index in [1.807, 2.05) is 40.1 Å². The van der Waals surface area contributed by atoms with E-state index in [9.17, 15) is 4.79 Å². The third-order valence-corrected chi connectivity index (χ3v) is 4.21. The van der Waals surface area contributed by atoms with E-state index >= 15 is 0 Å². The lowest BCUT2D eigenvalue weighted by molar-refractivity contribution is -0.129. The molecule has 2 heterocycles. The van der Waals surface area contributed by atoms with Crippen LogP contribution >= 0.6 is 0 Å². The van der Waals surface area contributed by atoms with E-state index in [1.165, 1.54) is 0 Å². The summed E-state index contributed by atoms with van der Waals surface area (Å²) in [7, 11) is 0. The summed E-state index contributed by atoms with van der Waals surface area (Å²) in [5, 5.41) is 8.33. The van der Waals surface area contributed by atoms with Crippen LogP contribution in [0, 0.1) is 0 Å². The summed E-state index contributed by atoms with van der Waals surface area (Å²) in [5.41, 5.74) is 1.04. The molecule has 7 heteroatoms. The number of nitrogens with zero attached hydrogens (tertiary/aromatic N) is 6. The molecule has 0 aliphatic carbocycles. The van der Waals surface area contributed by atoms with E-state index in [2.05, 4.69) is 27.0 Å². The summed E-state index contributed by atoms with van der Waals surface area (Å²) in [6, 6.07) is 10.0. The first-order chi connectivity index (χ1) is 11.7. The van der Waals surface area contributed by atoms with Gasteiger partial charge in [0, 0.05) is 45.3 Å². The Bertz CT molecular complexity index is 684. The fourth-order valence-corrected chi connectivity index (χ4v) is 2.85. The number of piperazine rings is 1. The SMILES string of the molecule is CCN(c1ccccc1)c1nncc(N2CCN(C(C)=O)CC2)n1. The van der Waals surface area contributed by atoms with Crippen LogP contribution < -0.4 is 9.80 Å². The van der Waals surface area contributed by atoms with Gasteiger partial charge in [0.05, 0.1) is 6.20 Å². The molecule has 0 spiro atoms. The van der Waals surface area contributed by atoms with Crippen molar-refractivity contribution in [2.45, 2.75) is 13.8 Å². The number of carbonyl (C=O) groups excluding carboxylic acids is 1. The van der Waals surface area contributed by atoms with E-state index in [4.69, 9.17) is 0 Å². The largest absolute Gasteiger partial charge is 0.352 e. The van der Waals surface area contributed by atoms with Crippen molar-refractivity contribution in [3.63, 3.8) is 0 Å². The number of rotatable bonds is 4. The van der Waals surface area contributed by atoms with E-state index in [-0.39, 0.29) is 5.91 Å². The second-order valence-corrected chi connectivity index (χ2v) is 5.69. The van der Waals surface area contributed by atoms with Gasteiger partial charge in [-0.1, -0.05) is 18.2 Å². The summed E-state index contributed by atoms with van der Waals surface area (Å²) < 4.78 is 0. The second kappa shape index (κ2) is 7.25. The molecule has 1 aromatic carbocycles. The summed E-state index contributed by atoms with van der Waals surface area (Å²) >= 11 is 0. The standard InChI is InChI=1S/C17H22N6O/c1-3-23(15-7-5-4-6-8-15)17-19-16(13-18-20-17)22-11-9-21(10-12-22)14(2)24/h4-8,13H,3,9-12H2,1-2H3. The molecule has 0 bridgehead atoms. The van der Waals surface area contributed by atoms with Crippen LogP contribution in [0.15, 0.2) is 36.5 Å². The maximum atomic E-state index is 11.4. The molecule has 7 nitrogen and oxygen atoms in total. The molecule has 1 aliphatic rings. The molecule has 24 heavy (non-hydrogen) atoms. The van der Waals surface area contributed by atoms with Crippen molar-refractivity contribution in [3.8, 4) is 0 Å². The van der Waals surface area contributed by atoms with Gasteiger partial charge in [-0.05, 0) is 19.1 Å². The third kappa shape index (κ3) is 3.45. The predicted octanol–water partition coefficient (Wildman–Crippen LogP) is 1.70. The van der Waals surface area contributed by atoms with Gasteiger partial charge in [-0.25, -0.2) is 0 Å². The number of aromatic nitrogens is 3. The summed E-state index contributed by atoms with van der Waals surface area (Å²) in [5.74, 6) is 1.52. The van der Waals surface area contributed by atoms with Crippen LogP contribution in [0.3, 0.4) is 0 Å². The fraction of sp³-hybridized carbons (Fsp3) is 0.412. The quantitative estimate of drug-likeness (QED) is 0.852. The van der Waals surface area contributed by atoms with Gasteiger partial charge in [-0.15, -0.1) is 5.10 Å². The van der Waals surface area contributed by atoms with Crippen molar-refractivity contribution in [3.05, 3.63) is 36.5 Å². The first-order valence-corrected chi connectivity index (χ1v) is 8.22. The molecular weight excluding hydrogens is 304 g/mol. The molecular formula is C17H22N6O. The lowest BCUT2D eigenvalue weighted by atomic mass is 10.3. The Morgan fingerprint density at radius 2 is 1.88 bits per heavy atom. The third-order valence-electron chi connectivity index (χ3n) is 4.21. The number of amides is 1. The summed E-state index contributed by atoms with van der Waals surface area (Å²) in [6.07, 6.45) is 1.69. The van der Waals surface area contributed by atoms with Crippen LogP contribution in [0.1, 0.15) is 13.8 Å². The van der Waals surface area contributed by atoms with Gasteiger partial charge < -0.3 is 14.7 Å². The van der Waals surface area contributed by atoms with Crippen molar-refractivity contribution in [1.82, 2.24) is 20.1 Å². The van der Waals surface area contributed by atoms with Crippen molar-refractivity contribution in [2.24, 2.45) is 0 Å². The molecule has 1 aromatic heterocycles. The highest BCUT2D eigenvalue weighted by molar-refractivity contribution is 5.73. The minimum absolute atomic E-state index is 0.123. The van der Waals surface area contributed by atoms with Crippen molar-refractivity contribution < 1.29 is 4.79 Å². The van der Waals surface area contributed by atoms with E-state index in [0.29, 0.717) is 19.0 Å². The maximum absolute atomic E-state index is 11.4. The van der Waals surface area contributed by atoms with Crippen molar-refractivity contribution in [2.75, 3.05) is 42.5 Å². The highest BCUT2D eigenvalue weighted by Gasteiger charge is 2.21. The first kappa shape index (κ1) is 16.2. The second-order valence-electron chi connectivity index (χ2n) is 5.69. The number of benzene rings is 1. The summed E-state index contributed by atoms with van der Waals surface area (Å²) in [4.78, 5) is 22.2. The first-order valence-electron chi connectivity index (χ1n) is 8.22. The molecule has 3 rings (SSSR count). The predicted molar refractivity (Wildman–Crippen MR) is 93.4 cm³/mol. The molecule has 1 amide bonds. The molecule has 0 radical (unpaired) electrons. The highest BCUT2D eigenvalue weighted by Crippen LogP contribution is 2.22. The van der Waals surface area contributed by atoms with Gasteiger partial charge in [0.2, 0.25) is 5.91 Å². The zero-order valence-electron chi connectivity index (χ0n) is 14.1. The van der Waals surface area contributed by atoms with Crippen LogP contribution in [0.5, 0.6) is 0 Å². The lowest BCUT2D eigenvalue weighted by Crippen LogP contribution is -2.48. The molecule has 1 saturated heterocycles. The molecule has 126 valence electrons. The van der Waals surface area contributed by atoms with Crippen LogP contribution in [0.4, 0.5) is 17.5 Å². The minimum atomic E-state index is 0.123. The van der Waals surface area contributed by atoms with Crippen molar-refractivity contribution in [1.29, 1.82) is 0 Å². The Labute approximate surface area is 141 Å². The number of hydrogen-bond acceptors (Lipinski definition) is 6. The fourth-order valence-electron chi connectivity index (χ4n) is 2.85. The lowest BCUT2D eigenvalue weighted by Gasteiger charge is -2.34. The Morgan fingerprint density at radius 1 is 1.17 bits per heavy atom. The van der Waals surface area contributed by atoms with Gasteiger partial charge in [0.15, 0.2) is 5.82 Å². The van der Waals surface area contributed by atoms with Gasteiger partial charge in [-0.3, -0.25) is 4.79 Å². The molecule has 0 saturated carbocycles. The Balaban J connectivity index is 1.78. The zero-order chi connectivity index (χ0) is 16.9. The molecule has 2 aromatic rings. The maximum Gasteiger partial charge on any atom is 0.251 e. The average Bonchev–Trinajstić information content (AvgIpc) is 2.64. The van der Waals surface area contributed by atoms with Crippen LogP contribution in [-0.2, 0) is 4.79 Å². The van der Waals surface area contributed by atoms with E-state index in [1.54, 1.807) is 13.1 Å². The van der Waals surface area contributed by atoms with Gasteiger partial charge in [0.1, 0.15) is 0 Å². The molecule has 0 atom stereocenters. The Kier molecular flexibility index (Phi) is 4.88. The average molecular weight is 326 g/mol. The smallest absolute Gasteiger partial charge is 0.251 e. The molecule has 1 aliphatic heterocycles. The zero-order valence-corrected chi connectivity index (χ0v) is 14.1. The Hall–Kier alpha value is -2.70. The van der Waals surface area contributed by atoms with Crippen molar-refractivity contribution >= 4 is 23.4 Å². The topological polar surface area (TPSA) is 65.5 Å². The normalized spacial score (nSPS) is 14.6. The van der Waals surface area contributed by atoms with Gasteiger partial charge >= 0.3 is 0 Å². The molecule has 0 N–H and O–H groups in total. The van der Waals surface area contributed by atoms with E-state index in [0.717, 1.165) is 31.1 Å². The molecule has 0 unspecified atom stereocenters. The molecule has 1 fully saturated rings.